The minimum absolute atomic E-state index is 0.0242. The summed E-state index contributed by atoms with van der Waals surface area (Å²) in [5.41, 5.74) is 1.68. The summed E-state index contributed by atoms with van der Waals surface area (Å²) < 4.78 is 5.50. The van der Waals surface area contributed by atoms with E-state index in [4.69, 9.17) is 4.74 Å². The topological polar surface area (TPSA) is 63.6 Å². The number of ether oxygens (including phenoxy) is 1. The number of rotatable bonds is 2. The first-order chi connectivity index (χ1) is 12.3. The predicted octanol–water partition coefficient (Wildman–Crippen LogP) is 4.58. The number of aliphatic carboxylic acids is 1. The molecule has 0 radical (unpaired) electrons. The highest BCUT2D eigenvalue weighted by Gasteiger charge is 2.60. The highest BCUT2D eigenvalue weighted by molar-refractivity contribution is 5.71. The summed E-state index contributed by atoms with van der Waals surface area (Å²) in [5.74, 6) is 0.901. The molecule has 0 aromatic carbocycles. The van der Waals surface area contributed by atoms with E-state index < -0.39 is 5.97 Å². The predicted molar refractivity (Wildman–Crippen MR) is 98.4 cm³/mol. The van der Waals surface area contributed by atoms with Gasteiger partial charge in [0.05, 0.1) is 5.92 Å². The third-order valence-electron chi connectivity index (χ3n) is 8.69. The molecule has 4 aliphatic rings. The zero-order valence-corrected chi connectivity index (χ0v) is 16.3. The van der Waals surface area contributed by atoms with Gasteiger partial charge in [0.15, 0.2) is 0 Å². The van der Waals surface area contributed by atoms with E-state index in [-0.39, 0.29) is 28.8 Å². The van der Waals surface area contributed by atoms with Gasteiger partial charge in [0.25, 0.3) is 0 Å². The van der Waals surface area contributed by atoms with Crippen LogP contribution in [0.1, 0.15) is 72.1 Å². The average Bonchev–Trinajstić information content (AvgIpc) is 2.92. The Hall–Kier alpha value is -1.32. The fraction of sp³-hybridized carbons (Fsp3) is 0.818. The largest absolute Gasteiger partial charge is 0.481 e. The Morgan fingerprint density at radius 1 is 1.12 bits per heavy atom. The van der Waals surface area contributed by atoms with E-state index in [0.29, 0.717) is 17.8 Å². The summed E-state index contributed by atoms with van der Waals surface area (Å²) in [7, 11) is 0. The molecule has 0 aromatic heterocycles. The van der Waals surface area contributed by atoms with Gasteiger partial charge < -0.3 is 9.84 Å². The van der Waals surface area contributed by atoms with Crippen LogP contribution in [0.15, 0.2) is 11.6 Å². The molecule has 0 saturated heterocycles. The van der Waals surface area contributed by atoms with Crippen LogP contribution in [0.3, 0.4) is 0 Å². The van der Waals surface area contributed by atoms with Crippen LogP contribution in [0.4, 0.5) is 0 Å². The van der Waals surface area contributed by atoms with Gasteiger partial charge in [-0.3, -0.25) is 9.59 Å². The van der Waals surface area contributed by atoms with Crippen LogP contribution in [0, 0.1) is 34.5 Å². The van der Waals surface area contributed by atoms with Crippen molar-refractivity contribution in [1.29, 1.82) is 0 Å². The fourth-order valence-corrected chi connectivity index (χ4v) is 7.37. The molecule has 0 heterocycles. The number of carboxylic acid groups (broad SMARTS) is 1. The Balaban J connectivity index is 1.59. The molecule has 7 atom stereocenters. The lowest BCUT2D eigenvalue weighted by molar-refractivity contribution is -0.151. The second-order valence-electron chi connectivity index (χ2n) is 9.75. The Morgan fingerprint density at radius 2 is 1.88 bits per heavy atom. The van der Waals surface area contributed by atoms with E-state index in [0.717, 1.165) is 51.4 Å². The molecule has 4 heteroatoms. The van der Waals surface area contributed by atoms with Crippen LogP contribution < -0.4 is 0 Å². The Labute approximate surface area is 156 Å². The zero-order chi connectivity index (χ0) is 18.7. The molecular formula is C22H32O4. The van der Waals surface area contributed by atoms with Crippen LogP contribution >= 0.6 is 0 Å². The molecule has 7 unspecified atom stereocenters. The summed E-state index contributed by atoms with van der Waals surface area (Å²) in [5, 5.41) is 9.70. The standard InChI is InChI=1S/C22H32O4/c1-13(23)26-15-8-10-21(2)14(12-15)4-5-16-17-6-7-19(20(24)25)22(17,3)11-9-18(16)21/h4,15-19H,5-12H2,1-3H3,(H,24,25). The summed E-state index contributed by atoms with van der Waals surface area (Å²) in [6.07, 6.45) is 10.6. The first kappa shape index (κ1) is 18.1. The van der Waals surface area contributed by atoms with Gasteiger partial charge in [0.2, 0.25) is 0 Å². The number of hydrogen-bond donors (Lipinski definition) is 1. The van der Waals surface area contributed by atoms with Crippen LogP contribution in [0.5, 0.6) is 0 Å². The van der Waals surface area contributed by atoms with Crippen molar-refractivity contribution in [3.05, 3.63) is 11.6 Å². The van der Waals surface area contributed by atoms with Crippen molar-refractivity contribution >= 4 is 11.9 Å². The second-order valence-corrected chi connectivity index (χ2v) is 9.75. The molecule has 26 heavy (non-hydrogen) atoms. The van der Waals surface area contributed by atoms with E-state index in [1.165, 1.54) is 12.5 Å². The Bertz CT molecular complexity index is 653. The monoisotopic (exact) mass is 360 g/mol. The van der Waals surface area contributed by atoms with Gasteiger partial charge in [-0.2, -0.15) is 0 Å². The number of carbonyl (C=O) groups is 2. The highest BCUT2D eigenvalue weighted by Crippen LogP contribution is 2.66. The zero-order valence-electron chi connectivity index (χ0n) is 16.3. The highest BCUT2D eigenvalue weighted by atomic mass is 16.5. The van der Waals surface area contributed by atoms with Crippen molar-refractivity contribution in [2.45, 2.75) is 78.2 Å². The normalized spacial score (nSPS) is 47.2. The van der Waals surface area contributed by atoms with Gasteiger partial charge in [-0.25, -0.2) is 0 Å². The molecule has 0 amide bonds. The van der Waals surface area contributed by atoms with Gasteiger partial charge in [-0.05, 0) is 73.5 Å². The van der Waals surface area contributed by atoms with E-state index in [1.54, 1.807) is 0 Å². The lowest BCUT2D eigenvalue weighted by Crippen LogP contribution is -2.51. The number of allylic oxidation sites excluding steroid dienone is 1. The quantitative estimate of drug-likeness (QED) is 0.578. The molecule has 144 valence electrons. The molecule has 1 N–H and O–H groups in total. The van der Waals surface area contributed by atoms with Crippen molar-refractivity contribution in [2.75, 3.05) is 0 Å². The van der Waals surface area contributed by atoms with Crippen LogP contribution in [-0.4, -0.2) is 23.1 Å². The summed E-state index contributed by atoms with van der Waals surface area (Å²) in [6, 6.07) is 0. The lowest BCUT2D eigenvalue weighted by Gasteiger charge is -2.57. The van der Waals surface area contributed by atoms with E-state index in [2.05, 4.69) is 19.9 Å². The third kappa shape index (κ3) is 2.55. The van der Waals surface area contributed by atoms with E-state index in [1.807, 2.05) is 0 Å². The molecule has 0 aromatic rings. The van der Waals surface area contributed by atoms with Crippen molar-refractivity contribution in [1.82, 2.24) is 0 Å². The summed E-state index contributed by atoms with van der Waals surface area (Å²) >= 11 is 0. The number of fused-ring (bicyclic) bond motifs is 5. The number of hydrogen-bond acceptors (Lipinski definition) is 3. The second kappa shape index (κ2) is 6.10. The maximum atomic E-state index is 11.8. The number of carbonyl (C=O) groups excluding carboxylic acids is 1. The van der Waals surface area contributed by atoms with Gasteiger partial charge in [-0.15, -0.1) is 0 Å². The van der Waals surface area contributed by atoms with Gasteiger partial charge in [0.1, 0.15) is 6.10 Å². The Kier molecular flexibility index (Phi) is 4.24. The SMILES string of the molecule is CC(=O)OC1CCC2(C)C(=CCC3C2CCC2(C)C(C(=O)O)CCC32)C1. The van der Waals surface area contributed by atoms with Gasteiger partial charge >= 0.3 is 11.9 Å². The van der Waals surface area contributed by atoms with E-state index >= 15 is 0 Å². The van der Waals surface area contributed by atoms with E-state index in [9.17, 15) is 14.7 Å². The molecular weight excluding hydrogens is 328 g/mol. The van der Waals surface area contributed by atoms with Crippen molar-refractivity contribution < 1.29 is 19.4 Å². The minimum Gasteiger partial charge on any atom is -0.481 e. The van der Waals surface area contributed by atoms with Crippen molar-refractivity contribution in [3.8, 4) is 0 Å². The van der Waals surface area contributed by atoms with Crippen LogP contribution in [0.25, 0.3) is 0 Å². The first-order valence-corrected chi connectivity index (χ1v) is 10.4. The smallest absolute Gasteiger partial charge is 0.307 e. The molecule has 0 spiro atoms. The lowest BCUT2D eigenvalue weighted by atomic mass is 9.47. The molecule has 3 saturated carbocycles. The van der Waals surface area contributed by atoms with Crippen molar-refractivity contribution in [3.63, 3.8) is 0 Å². The summed E-state index contributed by atoms with van der Waals surface area (Å²) in [4.78, 5) is 23.1. The maximum absolute atomic E-state index is 11.8. The molecule has 3 fully saturated rings. The molecule has 0 aliphatic heterocycles. The van der Waals surface area contributed by atoms with Crippen LogP contribution in [0.2, 0.25) is 0 Å². The molecule has 4 nitrogen and oxygen atoms in total. The third-order valence-corrected chi connectivity index (χ3v) is 8.69. The summed E-state index contributed by atoms with van der Waals surface area (Å²) in [6.45, 7) is 6.17. The van der Waals surface area contributed by atoms with Gasteiger partial charge in [0, 0.05) is 13.3 Å². The number of esters is 1. The van der Waals surface area contributed by atoms with Crippen molar-refractivity contribution in [2.24, 2.45) is 34.5 Å². The molecule has 0 bridgehead atoms. The van der Waals surface area contributed by atoms with Gasteiger partial charge in [-0.1, -0.05) is 25.5 Å². The average molecular weight is 360 g/mol. The number of carboxylic acids is 1. The fourth-order valence-electron chi connectivity index (χ4n) is 7.37. The maximum Gasteiger partial charge on any atom is 0.307 e. The van der Waals surface area contributed by atoms with Crippen LogP contribution in [-0.2, 0) is 14.3 Å². The Morgan fingerprint density at radius 3 is 2.58 bits per heavy atom. The minimum atomic E-state index is -0.589. The first-order valence-electron chi connectivity index (χ1n) is 10.4. The molecule has 4 rings (SSSR count). The molecule has 4 aliphatic carbocycles.